The largest absolute Gasteiger partial charge is 0.385 e. The summed E-state index contributed by atoms with van der Waals surface area (Å²) >= 11 is 0. The van der Waals surface area contributed by atoms with Crippen molar-refractivity contribution in [3.05, 3.63) is 35.4 Å². The fourth-order valence-electron chi connectivity index (χ4n) is 2.34. The van der Waals surface area contributed by atoms with Crippen molar-refractivity contribution >= 4 is 0 Å². The molecule has 82 valence electrons. The second-order valence-corrected chi connectivity index (χ2v) is 4.55. The minimum Gasteiger partial charge on any atom is -0.385 e. The van der Waals surface area contributed by atoms with E-state index in [4.69, 9.17) is 10.5 Å². The van der Waals surface area contributed by atoms with E-state index >= 15 is 0 Å². The third kappa shape index (κ3) is 2.39. The molecule has 1 aliphatic carbocycles. The van der Waals surface area contributed by atoms with Gasteiger partial charge < -0.3 is 10.5 Å². The van der Waals surface area contributed by atoms with Gasteiger partial charge in [0.2, 0.25) is 0 Å². The highest BCUT2D eigenvalue weighted by Gasteiger charge is 2.29. The Morgan fingerprint density at radius 3 is 2.80 bits per heavy atom. The van der Waals surface area contributed by atoms with Crippen molar-refractivity contribution in [2.45, 2.75) is 31.2 Å². The lowest BCUT2D eigenvalue weighted by Gasteiger charge is -2.34. The molecule has 0 bridgehead atoms. The molecule has 1 aromatic carbocycles. The molecule has 1 aromatic rings. The summed E-state index contributed by atoms with van der Waals surface area (Å²) in [5.41, 5.74) is 9.22. The Morgan fingerprint density at radius 1 is 1.33 bits per heavy atom. The van der Waals surface area contributed by atoms with Crippen molar-refractivity contribution < 1.29 is 4.74 Å². The maximum absolute atomic E-state index is 6.38. The summed E-state index contributed by atoms with van der Waals surface area (Å²) in [6, 6.07) is 8.62. The lowest BCUT2D eigenvalue weighted by atomic mass is 9.77. The molecule has 0 heterocycles. The predicted molar refractivity (Wildman–Crippen MR) is 61.9 cm³/mol. The van der Waals surface area contributed by atoms with Crippen molar-refractivity contribution in [1.29, 1.82) is 0 Å². The summed E-state index contributed by atoms with van der Waals surface area (Å²) in [4.78, 5) is 0. The third-order valence-corrected chi connectivity index (χ3v) is 3.36. The van der Waals surface area contributed by atoms with Gasteiger partial charge in [-0.15, -0.1) is 0 Å². The molecular weight excluding hydrogens is 186 g/mol. The molecule has 0 fully saturated rings. The van der Waals surface area contributed by atoms with Crippen molar-refractivity contribution in [2.75, 3.05) is 13.7 Å². The van der Waals surface area contributed by atoms with E-state index in [9.17, 15) is 0 Å². The minimum absolute atomic E-state index is 0.0512. The summed E-state index contributed by atoms with van der Waals surface area (Å²) in [7, 11) is 1.74. The van der Waals surface area contributed by atoms with Crippen LogP contribution < -0.4 is 5.73 Å². The Bertz CT molecular complexity index is 337. The normalized spacial score (nSPS) is 24.9. The summed E-state index contributed by atoms with van der Waals surface area (Å²) in [5.74, 6) is 0. The second kappa shape index (κ2) is 4.33. The molecule has 1 unspecified atom stereocenters. The number of hydrogen-bond acceptors (Lipinski definition) is 2. The SMILES string of the molecule is COCCC1(N)CCc2ccccc2C1. The van der Waals surface area contributed by atoms with Crippen LogP contribution in [0, 0.1) is 0 Å². The number of aryl methyl sites for hydroxylation is 1. The van der Waals surface area contributed by atoms with E-state index in [0.29, 0.717) is 0 Å². The average molecular weight is 205 g/mol. The average Bonchev–Trinajstić information content (AvgIpc) is 2.26. The van der Waals surface area contributed by atoms with Gasteiger partial charge in [0, 0.05) is 19.3 Å². The van der Waals surface area contributed by atoms with E-state index in [1.54, 1.807) is 7.11 Å². The highest BCUT2D eigenvalue weighted by molar-refractivity contribution is 5.31. The quantitative estimate of drug-likeness (QED) is 0.818. The number of rotatable bonds is 3. The molecule has 15 heavy (non-hydrogen) atoms. The number of methoxy groups -OCH3 is 1. The lowest BCUT2D eigenvalue weighted by molar-refractivity contribution is 0.162. The standard InChI is InChI=1S/C13H19NO/c1-15-9-8-13(14)7-6-11-4-2-3-5-12(11)10-13/h2-5H,6-10,14H2,1H3. The Kier molecular flexibility index (Phi) is 3.08. The van der Waals surface area contributed by atoms with Crippen LogP contribution in [0.3, 0.4) is 0 Å². The molecular formula is C13H19NO. The van der Waals surface area contributed by atoms with E-state index in [0.717, 1.165) is 32.3 Å². The van der Waals surface area contributed by atoms with Crippen LogP contribution in [0.25, 0.3) is 0 Å². The molecule has 0 saturated carbocycles. The highest BCUT2D eigenvalue weighted by Crippen LogP contribution is 2.29. The number of ether oxygens (including phenoxy) is 1. The van der Waals surface area contributed by atoms with Crippen LogP contribution in [0.2, 0.25) is 0 Å². The Hall–Kier alpha value is -0.860. The van der Waals surface area contributed by atoms with Crippen LogP contribution in [0.1, 0.15) is 24.0 Å². The first-order chi connectivity index (χ1) is 7.23. The van der Waals surface area contributed by atoms with Gasteiger partial charge in [-0.2, -0.15) is 0 Å². The Labute approximate surface area is 91.4 Å². The summed E-state index contributed by atoms with van der Waals surface area (Å²) < 4.78 is 5.12. The lowest BCUT2D eigenvalue weighted by Crippen LogP contribution is -2.45. The van der Waals surface area contributed by atoms with E-state index in [1.807, 2.05) is 0 Å². The molecule has 0 radical (unpaired) electrons. The van der Waals surface area contributed by atoms with Gasteiger partial charge in [-0.3, -0.25) is 0 Å². The first kappa shape index (κ1) is 10.7. The summed E-state index contributed by atoms with van der Waals surface area (Å²) in [6.07, 6.45) is 4.13. The van der Waals surface area contributed by atoms with Gasteiger partial charge in [0.1, 0.15) is 0 Å². The zero-order chi connectivity index (χ0) is 10.7. The summed E-state index contributed by atoms with van der Waals surface area (Å²) in [6.45, 7) is 0.763. The van der Waals surface area contributed by atoms with Gasteiger partial charge in [-0.05, 0) is 36.8 Å². The van der Waals surface area contributed by atoms with Crippen LogP contribution in [0.5, 0.6) is 0 Å². The van der Waals surface area contributed by atoms with Gasteiger partial charge in [0.05, 0.1) is 0 Å². The molecule has 2 nitrogen and oxygen atoms in total. The van der Waals surface area contributed by atoms with Gasteiger partial charge in [-0.25, -0.2) is 0 Å². The van der Waals surface area contributed by atoms with Crippen LogP contribution >= 0.6 is 0 Å². The smallest absolute Gasteiger partial charge is 0.0479 e. The van der Waals surface area contributed by atoms with Gasteiger partial charge in [0.15, 0.2) is 0 Å². The number of fused-ring (bicyclic) bond motifs is 1. The van der Waals surface area contributed by atoms with Crippen LogP contribution in [0.15, 0.2) is 24.3 Å². The van der Waals surface area contributed by atoms with Gasteiger partial charge in [0.25, 0.3) is 0 Å². The van der Waals surface area contributed by atoms with Crippen molar-refractivity contribution in [3.63, 3.8) is 0 Å². The van der Waals surface area contributed by atoms with Crippen LogP contribution in [-0.2, 0) is 17.6 Å². The molecule has 2 heteroatoms. The number of nitrogens with two attached hydrogens (primary N) is 1. The van der Waals surface area contributed by atoms with Crippen molar-refractivity contribution in [1.82, 2.24) is 0 Å². The second-order valence-electron chi connectivity index (χ2n) is 4.55. The molecule has 2 N–H and O–H groups in total. The van der Waals surface area contributed by atoms with E-state index < -0.39 is 0 Å². The Morgan fingerprint density at radius 2 is 2.07 bits per heavy atom. The van der Waals surface area contributed by atoms with Gasteiger partial charge in [-0.1, -0.05) is 24.3 Å². The topological polar surface area (TPSA) is 35.2 Å². The fraction of sp³-hybridized carbons (Fsp3) is 0.538. The minimum atomic E-state index is -0.0512. The molecule has 1 atom stereocenters. The molecule has 0 saturated heterocycles. The molecule has 0 aliphatic heterocycles. The first-order valence-corrected chi connectivity index (χ1v) is 5.58. The van der Waals surface area contributed by atoms with E-state index in [-0.39, 0.29) is 5.54 Å². The zero-order valence-corrected chi connectivity index (χ0v) is 9.33. The molecule has 0 aromatic heterocycles. The maximum Gasteiger partial charge on any atom is 0.0479 e. The molecule has 0 spiro atoms. The molecule has 0 amide bonds. The van der Waals surface area contributed by atoms with Crippen molar-refractivity contribution in [3.8, 4) is 0 Å². The zero-order valence-electron chi connectivity index (χ0n) is 9.33. The number of benzene rings is 1. The fourth-order valence-corrected chi connectivity index (χ4v) is 2.34. The third-order valence-electron chi connectivity index (χ3n) is 3.36. The Balaban J connectivity index is 2.10. The van der Waals surface area contributed by atoms with E-state index in [2.05, 4.69) is 24.3 Å². The monoisotopic (exact) mass is 205 g/mol. The predicted octanol–water partition coefficient (Wildman–Crippen LogP) is 1.91. The first-order valence-electron chi connectivity index (χ1n) is 5.58. The highest BCUT2D eigenvalue weighted by atomic mass is 16.5. The van der Waals surface area contributed by atoms with Crippen LogP contribution in [-0.4, -0.2) is 19.3 Å². The number of hydrogen-bond donors (Lipinski definition) is 1. The van der Waals surface area contributed by atoms with Crippen LogP contribution in [0.4, 0.5) is 0 Å². The van der Waals surface area contributed by atoms with E-state index in [1.165, 1.54) is 11.1 Å². The maximum atomic E-state index is 6.38. The molecule has 1 aliphatic rings. The molecule has 2 rings (SSSR count). The van der Waals surface area contributed by atoms with Crippen molar-refractivity contribution in [2.24, 2.45) is 5.73 Å². The van der Waals surface area contributed by atoms with Gasteiger partial charge >= 0.3 is 0 Å². The summed E-state index contributed by atoms with van der Waals surface area (Å²) in [5, 5.41) is 0.